The molecule has 2 heterocycles. The predicted molar refractivity (Wildman–Crippen MR) is 60.5 cm³/mol. The Balaban J connectivity index is 2.32. The van der Waals surface area contributed by atoms with E-state index in [9.17, 15) is 0 Å². The van der Waals surface area contributed by atoms with Crippen molar-refractivity contribution in [2.75, 3.05) is 13.1 Å². The Bertz CT molecular complexity index is 313. The molecule has 3 nitrogen and oxygen atoms in total. The highest BCUT2D eigenvalue weighted by Gasteiger charge is 2.22. The Morgan fingerprint density at radius 2 is 2.43 bits per heavy atom. The average molecular weight is 258 g/mol. The molecule has 2 rings (SSSR count). The Labute approximate surface area is 93.0 Å². The summed E-state index contributed by atoms with van der Waals surface area (Å²) in [6.45, 7) is 6.60. The van der Waals surface area contributed by atoms with Crippen molar-refractivity contribution in [3.05, 3.63) is 16.6 Å². The lowest BCUT2D eigenvalue weighted by molar-refractivity contribution is 0.537. The molecule has 1 aromatic heterocycles. The lowest BCUT2D eigenvalue weighted by Gasteiger charge is -2.16. The molecule has 1 N–H and O–H groups in total. The second-order valence-electron chi connectivity index (χ2n) is 4.11. The van der Waals surface area contributed by atoms with Gasteiger partial charge in [0.1, 0.15) is 0 Å². The standard InChI is InChI=1S/C10H16BrN3/c1-7(2)14-9(6-13-10(14)11)8-3-4-12-5-8/h6-8,12H,3-5H2,1-2H3. The third kappa shape index (κ3) is 1.73. The van der Waals surface area contributed by atoms with Crippen molar-refractivity contribution >= 4 is 15.9 Å². The van der Waals surface area contributed by atoms with Crippen LogP contribution in [0.1, 0.15) is 37.9 Å². The van der Waals surface area contributed by atoms with Crippen molar-refractivity contribution in [3.63, 3.8) is 0 Å². The van der Waals surface area contributed by atoms with Gasteiger partial charge in [-0.1, -0.05) is 0 Å². The van der Waals surface area contributed by atoms with Gasteiger partial charge in [0.2, 0.25) is 0 Å². The molecule has 0 aromatic carbocycles. The molecule has 0 radical (unpaired) electrons. The van der Waals surface area contributed by atoms with Crippen molar-refractivity contribution < 1.29 is 0 Å². The molecular weight excluding hydrogens is 242 g/mol. The number of nitrogens with one attached hydrogen (secondary N) is 1. The van der Waals surface area contributed by atoms with Gasteiger partial charge in [-0.2, -0.15) is 0 Å². The zero-order chi connectivity index (χ0) is 10.1. The Kier molecular flexibility index (Phi) is 2.93. The van der Waals surface area contributed by atoms with Gasteiger partial charge >= 0.3 is 0 Å². The van der Waals surface area contributed by atoms with Gasteiger partial charge in [-0.25, -0.2) is 4.98 Å². The summed E-state index contributed by atoms with van der Waals surface area (Å²) in [6.07, 6.45) is 3.23. The predicted octanol–water partition coefficient (Wildman–Crippen LogP) is 2.30. The van der Waals surface area contributed by atoms with E-state index in [1.807, 2.05) is 6.20 Å². The van der Waals surface area contributed by atoms with Gasteiger partial charge < -0.3 is 9.88 Å². The van der Waals surface area contributed by atoms with Crippen LogP contribution in [0.15, 0.2) is 10.9 Å². The summed E-state index contributed by atoms with van der Waals surface area (Å²) >= 11 is 3.50. The van der Waals surface area contributed by atoms with Crippen LogP contribution in [0.5, 0.6) is 0 Å². The van der Waals surface area contributed by atoms with Crippen molar-refractivity contribution in [2.24, 2.45) is 0 Å². The molecule has 78 valence electrons. The highest BCUT2D eigenvalue weighted by atomic mass is 79.9. The van der Waals surface area contributed by atoms with E-state index in [0.29, 0.717) is 12.0 Å². The van der Waals surface area contributed by atoms with Crippen LogP contribution in [-0.2, 0) is 0 Å². The van der Waals surface area contributed by atoms with Gasteiger partial charge in [0.25, 0.3) is 0 Å². The van der Waals surface area contributed by atoms with E-state index in [4.69, 9.17) is 0 Å². The highest BCUT2D eigenvalue weighted by molar-refractivity contribution is 9.10. The molecule has 0 spiro atoms. The molecule has 1 fully saturated rings. The van der Waals surface area contributed by atoms with Crippen LogP contribution >= 0.6 is 15.9 Å². The number of halogens is 1. The van der Waals surface area contributed by atoms with Crippen LogP contribution in [0.25, 0.3) is 0 Å². The summed E-state index contributed by atoms with van der Waals surface area (Å²) in [7, 11) is 0. The van der Waals surface area contributed by atoms with Crippen LogP contribution in [0, 0.1) is 0 Å². The number of aromatic nitrogens is 2. The normalized spacial score (nSPS) is 22.1. The molecule has 0 amide bonds. The number of nitrogens with zero attached hydrogens (tertiary/aromatic N) is 2. The zero-order valence-electron chi connectivity index (χ0n) is 8.63. The SMILES string of the molecule is CC(C)n1c(C2CCNC2)cnc1Br. The summed E-state index contributed by atoms with van der Waals surface area (Å²) in [6, 6.07) is 0.475. The molecule has 0 aliphatic carbocycles. The lowest BCUT2D eigenvalue weighted by atomic mass is 10.1. The second kappa shape index (κ2) is 4.03. The van der Waals surface area contributed by atoms with Gasteiger partial charge in [-0.15, -0.1) is 0 Å². The third-order valence-corrected chi connectivity index (χ3v) is 3.36. The molecule has 1 saturated heterocycles. The average Bonchev–Trinajstić information content (AvgIpc) is 2.70. The van der Waals surface area contributed by atoms with E-state index in [1.54, 1.807) is 0 Å². The summed E-state index contributed by atoms with van der Waals surface area (Å²) in [5, 5.41) is 3.39. The maximum atomic E-state index is 4.33. The Morgan fingerprint density at radius 3 is 3.00 bits per heavy atom. The van der Waals surface area contributed by atoms with Crippen molar-refractivity contribution in [1.82, 2.24) is 14.9 Å². The molecular formula is C10H16BrN3. The third-order valence-electron chi connectivity index (χ3n) is 2.78. The molecule has 1 atom stereocenters. The maximum Gasteiger partial charge on any atom is 0.177 e. The smallest absolute Gasteiger partial charge is 0.177 e. The van der Waals surface area contributed by atoms with E-state index in [2.05, 4.69) is 44.6 Å². The minimum atomic E-state index is 0.475. The van der Waals surface area contributed by atoms with Gasteiger partial charge in [-0.05, 0) is 42.7 Å². The fraction of sp³-hybridized carbons (Fsp3) is 0.700. The zero-order valence-corrected chi connectivity index (χ0v) is 10.2. The first-order chi connectivity index (χ1) is 6.70. The maximum absolute atomic E-state index is 4.33. The first-order valence-corrected chi connectivity index (χ1v) is 5.92. The van der Waals surface area contributed by atoms with E-state index >= 15 is 0 Å². The van der Waals surface area contributed by atoms with Crippen molar-refractivity contribution in [1.29, 1.82) is 0 Å². The Hall–Kier alpha value is -0.350. The van der Waals surface area contributed by atoms with E-state index in [0.717, 1.165) is 17.8 Å². The number of hydrogen-bond donors (Lipinski definition) is 1. The van der Waals surface area contributed by atoms with E-state index in [-0.39, 0.29) is 0 Å². The fourth-order valence-corrected chi connectivity index (χ4v) is 2.79. The summed E-state index contributed by atoms with van der Waals surface area (Å²) < 4.78 is 3.23. The molecule has 0 saturated carbocycles. The molecule has 1 aliphatic rings. The minimum Gasteiger partial charge on any atom is -0.320 e. The quantitative estimate of drug-likeness (QED) is 0.882. The van der Waals surface area contributed by atoms with Gasteiger partial charge in [0.15, 0.2) is 4.73 Å². The van der Waals surface area contributed by atoms with E-state index in [1.165, 1.54) is 12.1 Å². The monoisotopic (exact) mass is 257 g/mol. The van der Waals surface area contributed by atoms with E-state index < -0.39 is 0 Å². The van der Waals surface area contributed by atoms with Crippen LogP contribution in [0.4, 0.5) is 0 Å². The second-order valence-corrected chi connectivity index (χ2v) is 4.81. The van der Waals surface area contributed by atoms with Gasteiger partial charge in [0, 0.05) is 30.4 Å². The van der Waals surface area contributed by atoms with Crippen LogP contribution in [0.2, 0.25) is 0 Å². The molecule has 1 unspecified atom stereocenters. The summed E-state index contributed by atoms with van der Waals surface area (Å²) in [5.41, 5.74) is 1.36. The molecule has 14 heavy (non-hydrogen) atoms. The van der Waals surface area contributed by atoms with Crippen molar-refractivity contribution in [2.45, 2.75) is 32.2 Å². The Morgan fingerprint density at radius 1 is 1.64 bits per heavy atom. The molecule has 4 heteroatoms. The number of hydrogen-bond acceptors (Lipinski definition) is 2. The highest BCUT2D eigenvalue weighted by Crippen LogP contribution is 2.27. The number of imidazole rings is 1. The van der Waals surface area contributed by atoms with Crippen LogP contribution < -0.4 is 5.32 Å². The molecule has 1 aromatic rings. The minimum absolute atomic E-state index is 0.475. The largest absolute Gasteiger partial charge is 0.320 e. The summed E-state index contributed by atoms with van der Waals surface area (Å²) in [4.78, 5) is 4.33. The number of rotatable bonds is 2. The van der Waals surface area contributed by atoms with Crippen LogP contribution in [-0.4, -0.2) is 22.6 Å². The van der Waals surface area contributed by atoms with Crippen molar-refractivity contribution in [3.8, 4) is 0 Å². The topological polar surface area (TPSA) is 29.9 Å². The molecule has 0 bridgehead atoms. The fourth-order valence-electron chi connectivity index (χ4n) is 2.07. The first kappa shape index (κ1) is 10.2. The van der Waals surface area contributed by atoms with Gasteiger partial charge in [0.05, 0.1) is 0 Å². The molecule has 1 aliphatic heterocycles. The van der Waals surface area contributed by atoms with Crippen LogP contribution in [0.3, 0.4) is 0 Å². The van der Waals surface area contributed by atoms with Gasteiger partial charge in [-0.3, -0.25) is 0 Å². The lowest BCUT2D eigenvalue weighted by Crippen LogP contribution is -2.13. The summed E-state index contributed by atoms with van der Waals surface area (Å²) in [5.74, 6) is 0.635. The first-order valence-electron chi connectivity index (χ1n) is 5.13.